The first-order valence-corrected chi connectivity index (χ1v) is 6.74. The van der Waals surface area contributed by atoms with Crippen LogP contribution in [-0.2, 0) is 6.54 Å². The topological polar surface area (TPSA) is 50.7 Å². The highest BCUT2D eigenvalue weighted by atomic mass is 16.5. The molecule has 4 nitrogen and oxygen atoms in total. The largest absolute Gasteiger partial charge is 0.493 e. The summed E-state index contributed by atoms with van der Waals surface area (Å²) in [5, 5.41) is 12.7. The Morgan fingerprint density at radius 1 is 1.26 bits per heavy atom. The van der Waals surface area contributed by atoms with Crippen molar-refractivity contribution in [2.24, 2.45) is 0 Å². The van der Waals surface area contributed by atoms with Crippen molar-refractivity contribution in [2.75, 3.05) is 20.3 Å². The van der Waals surface area contributed by atoms with Gasteiger partial charge in [0.1, 0.15) is 0 Å². The molecule has 0 saturated carbocycles. The lowest BCUT2D eigenvalue weighted by molar-refractivity contribution is 0.169. The Balaban J connectivity index is 2.74. The van der Waals surface area contributed by atoms with Crippen LogP contribution in [-0.4, -0.2) is 31.0 Å². The molecule has 19 heavy (non-hydrogen) atoms. The van der Waals surface area contributed by atoms with E-state index in [0.717, 1.165) is 23.5 Å². The first-order chi connectivity index (χ1) is 9.08. The Labute approximate surface area is 115 Å². The number of benzene rings is 1. The summed E-state index contributed by atoms with van der Waals surface area (Å²) < 4.78 is 10.8. The van der Waals surface area contributed by atoms with Crippen LogP contribution in [0.1, 0.15) is 32.8 Å². The third-order valence-electron chi connectivity index (χ3n) is 3.38. The van der Waals surface area contributed by atoms with E-state index in [2.05, 4.69) is 12.2 Å². The molecule has 0 fully saturated rings. The molecule has 108 valence electrons. The van der Waals surface area contributed by atoms with E-state index < -0.39 is 0 Å². The fraction of sp³-hybridized carbons (Fsp3) is 0.600. The van der Waals surface area contributed by atoms with Gasteiger partial charge in [0.2, 0.25) is 0 Å². The van der Waals surface area contributed by atoms with Gasteiger partial charge < -0.3 is 19.9 Å². The summed E-state index contributed by atoms with van der Waals surface area (Å²) in [7, 11) is 1.64. The highest BCUT2D eigenvalue weighted by Crippen LogP contribution is 2.28. The Hall–Kier alpha value is -1.26. The average molecular weight is 267 g/mol. The van der Waals surface area contributed by atoms with E-state index in [1.807, 2.05) is 32.0 Å². The molecule has 1 atom stereocenters. The second kappa shape index (κ2) is 7.36. The third kappa shape index (κ3) is 4.40. The number of hydrogen-bond donors (Lipinski definition) is 2. The summed E-state index contributed by atoms with van der Waals surface area (Å²) in [6.45, 7) is 7.45. The number of aliphatic hydroxyl groups excluding tert-OH is 1. The van der Waals surface area contributed by atoms with Gasteiger partial charge in [0.25, 0.3) is 0 Å². The third-order valence-corrected chi connectivity index (χ3v) is 3.38. The smallest absolute Gasteiger partial charge is 0.161 e. The quantitative estimate of drug-likeness (QED) is 0.759. The van der Waals surface area contributed by atoms with Crippen LogP contribution in [0.2, 0.25) is 0 Å². The van der Waals surface area contributed by atoms with Crippen molar-refractivity contribution in [1.29, 1.82) is 0 Å². The van der Waals surface area contributed by atoms with Gasteiger partial charge in [-0.1, -0.05) is 13.0 Å². The second-order valence-corrected chi connectivity index (χ2v) is 4.84. The molecule has 4 heteroatoms. The molecule has 0 spiro atoms. The standard InChI is InChI=1S/C15H25NO3/c1-5-15(3,11-17)16-10-12-7-8-13(19-6-2)14(9-12)18-4/h7-9,16-17H,5-6,10-11H2,1-4H3. The van der Waals surface area contributed by atoms with Crippen LogP contribution in [0.4, 0.5) is 0 Å². The molecule has 0 aliphatic heterocycles. The summed E-state index contributed by atoms with van der Waals surface area (Å²) in [6, 6.07) is 5.89. The number of rotatable bonds is 8. The minimum Gasteiger partial charge on any atom is -0.493 e. The maximum absolute atomic E-state index is 9.37. The number of hydrogen-bond acceptors (Lipinski definition) is 4. The Morgan fingerprint density at radius 2 is 2.00 bits per heavy atom. The van der Waals surface area contributed by atoms with Gasteiger partial charge in [-0.15, -0.1) is 0 Å². The zero-order valence-electron chi connectivity index (χ0n) is 12.3. The van der Waals surface area contributed by atoms with Crippen LogP contribution in [0.25, 0.3) is 0 Å². The van der Waals surface area contributed by atoms with Crippen molar-refractivity contribution >= 4 is 0 Å². The number of ether oxygens (including phenoxy) is 2. The van der Waals surface area contributed by atoms with Crippen molar-refractivity contribution in [3.05, 3.63) is 23.8 Å². The fourth-order valence-corrected chi connectivity index (χ4v) is 1.70. The molecular weight excluding hydrogens is 242 g/mol. The van der Waals surface area contributed by atoms with Crippen LogP contribution in [0.15, 0.2) is 18.2 Å². The van der Waals surface area contributed by atoms with Crippen molar-refractivity contribution in [1.82, 2.24) is 5.32 Å². The molecule has 0 bridgehead atoms. The molecule has 1 aromatic rings. The predicted molar refractivity (Wildman–Crippen MR) is 76.8 cm³/mol. The van der Waals surface area contributed by atoms with Gasteiger partial charge in [-0.3, -0.25) is 0 Å². The molecule has 0 aliphatic carbocycles. The lowest BCUT2D eigenvalue weighted by Gasteiger charge is -2.27. The van der Waals surface area contributed by atoms with Gasteiger partial charge in [-0.2, -0.15) is 0 Å². The van der Waals surface area contributed by atoms with Gasteiger partial charge in [-0.25, -0.2) is 0 Å². The van der Waals surface area contributed by atoms with E-state index in [1.54, 1.807) is 7.11 Å². The summed E-state index contributed by atoms with van der Waals surface area (Å²) in [5.41, 5.74) is 0.861. The monoisotopic (exact) mass is 267 g/mol. The van der Waals surface area contributed by atoms with Crippen molar-refractivity contribution < 1.29 is 14.6 Å². The molecule has 0 aliphatic rings. The van der Waals surface area contributed by atoms with Gasteiger partial charge in [-0.05, 0) is 38.0 Å². The van der Waals surface area contributed by atoms with Crippen molar-refractivity contribution in [3.63, 3.8) is 0 Å². The Kier molecular flexibility index (Phi) is 6.12. The number of nitrogens with one attached hydrogen (secondary N) is 1. The Bertz CT molecular complexity index is 389. The maximum Gasteiger partial charge on any atom is 0.161 e. The van der Waals surface area contributed by atoms with Crippen LogP contribution in [0.3, 0.4) is 0 Å². The molecular formula is C15H25NO3. The molecule has 0 heterocycles. The maximum atomic E-state index is 9.37. The van der Waals surface area contributed by atoms with Gasteiger partial charge in [0.05, 0.1) is 20.3 Å². The molecule has 0 amide bonds. The lowest BCUT2D eigenvalue weighted by Crippen LogP contribution is -2.44. The van der Waals surface area contributed by atoms with E-state index in [1.165, 1.54) is 0 Å². The highest BCUT2D eigenvalue weighted by Gasteiger charge is 2.19. The van der Waals surface area contributed by atoms with Crippen LogP contribution in [0.5, 0.6) is 11.5 Å². The van der Waals surface area contributed by atoms with Crippen LogP contribution in [0, 0.1) is 0 Å². The first kappa shape index (κ1) is 15.8. The molecule has 0 saturated heterocycles. The zero-order chi connectivity index (χ0) is 14.3. The second-order valence-electron chi connectivity index (χ2n) is 4.84. The zero-order valence-corrected chi connectivity index (χ0v) is 12.3. The first-order valence-electron chi connectivity index (χ1n) is 6.74. The predicted octanol–water partition coefficient (Wildman–Crippen LogP) is 2.34. The summed E-state index contributed by atoms with van der Waals surface area (Å²) >= 11 is 0. The van der Waals surface area contributed by atoms with E-state index in [0.29, 0.717) is 13.2 Å². The molecule has 1 aromatic carbocycles. The fourth-order valence-electron chi connectivity index (χ4n) is 1.70. The molecule has 0 aromatic heterocycles. The van der Waals surface area contributed by atoms with Crippen LogP contribution < -0.4 is 14.8 Å². The van der Waals surface area contributed by atoms with Gasteiger partial charge in [0.15, 0.2) is 11.5 Å². The van der Waals surface area contributed by atoms with Gasteiger partial charge in [0, 0.05) is 12.1 Å². The Morgan fingerprint density at radius 3 is 2.53 bits per heavy atom. The lowest BCUT2D eigenvalue weighted by atomic mass is 10.00. The summed E-state index contributed by atoms with van der Waals surface area (Å²) in [5.74, 6) is 1.50. The molecule has 1 rings (SSSR count). The van der Waals surface area contributed by atoms with Crippen molar-refractivity contribution in [2.45, 2.75) is 39.3 Å². The minimum atomic E-state index is -0.244. The van der Waals surface area contributed by atoms with E-state index in [-0.39, 0.29) is 12.1 Å². The normalized spacial score (nSPS) is 13.9. The van der Waals surface area contributed by atoms with E-state index >= 15 is 0 Å². The highest BCUT2D eigenvalue weighted by molar-refractivity contribution is 5.42. The minimum absolute atomic E-state index is 0.123. The van der Waals surface area contributed by atoms with Gasteiger partial charge >= 0.3 is 0 Å². The SMILES string of the molecule is CCOc1ccc(CNC(C)(CC)CO)cc1OC. The number of aliphatic hydroxyl groups is 1. The van der Waals surface area contributed by atoms with Crippen LogP contribution >= 0.6 is 0 Å². The molecule has 1 unspecified atom stereocenters. The molecule has 0 radical (unpaired) electrons. The van der Waals surface area contributed by atoms with E-state index in [4.69, 9.17) is 9.47 Å². The van der Waals surface area contributed by atoms with Crippen molar-refractivity contribution in [3.8, 4) is 11.5 Å². The number of methoxy groups -OCH3 is 1. The molecule has 2 N–H and O–H groups in total. The van der Waals surface area contributed by atoms with E-state index in [9.17, 15) is 5.11 Å². The summed E-state index contributed by atoms with van der Waals surface area (Å²) in [4.78, 5) is 0. The average Bonchev–Trinajstić information content (AvgIpc) is 2.46. The summed E-state index contributed by atoms with van der Waals surface area (Å²) in [6.07, 6.45) is 0.873.